The molecular formula is C11H12F3N3O7. The predicted octanol–water partition coefficient (Wildman–Crippen LogP) is -1.23. The second-order valence-corrected chi connectivity index (χ2v) is 4.76. The molecule has 1 saturated heterocycles. The molecule has 0 spiro atoms. The zero-order valence-corrected chi connectivity index (χ0v) is 11.7. The number of nitrogens with one attached hydrogen (secondary N) is 1. The number of carbonyl (C=O) groups excluding carboxylic acids is 1. The number of esters is 1. The van der Waals surface area contributed by atoms with Gasteiger partial charge in [-0.3, -0.25) is 15.3 Å². The summed E-state index contributed by atoms with van der Waals surface area (Å²) in [4.78, 5) is 25.7. The molecule has 4 N–H and O–H groups in total. The largest absolute Gasteiger partial charge is 0.490 e. The monoisotopic (exact) mass is 355 g/mol. The maximum absolute atomic E-state index is 12.1. The van der Waals surface area contributed by atoms with Gasteiger partial charge in [0.25, 0.3) is 0 Å². The van der Waals surface area contributed by atoms with Crippen molar-refractivity contribution in [1.82, 2.24) is 9.55 Å². The highest BCUT2D eigenvalue weighted by atomic mass is 19.4. The van der Waals surface area contributed by atoms with Crippen LogP contribution in [-0.4, -0.2) is 62.0 Å². The molecule has 0 radical (unpaired) electrons. The fourth-order valence-electron chi connectivity index (χ4n) is 2.00. The molecular weight excluding hydrogens is 343 g/mol. The van der Waals surface area contributed by atoms with Crippen molar-refractivity contribution in [3.05, 3.63) is 22.7 Å². The van der Waals surface area contributed by atoms with Crippen molar-refractivity contribution in [3.8, 4) is 0 Å². The molecule has 2 rings (SSSR count). The normalized spacial score (nSPS) is 27.1. The summed E-state index contributed by atoms with van der Waals surface area (Å²) in [5.74, 6) is -2.67. The van der Waals surface area contributed by atoms with Gasteiger partial charge in [0.1, 0.15) is 24.9 Å². The van der Waals surface area contributed by atoms with Crippen molar-refractivity contribution in [3.63, 3.8) is 0 Å². The van der Waals surface area contributed by atoms with Crippen molar-refractivity contribution >= 4 is 11.8 Å². The van der Waals surface area contributed by atoms with E-state index in [0.29, 0.717) is 0 Å². The Hall–Kier alpha value is -2.22. The molecule has 0 amide bonds. The van der Waals surface area contributed by atoms with Crippen molar-refractivity contribution < 1.29 is 42.9 Å². The first kappa shape index (κ1) is 18.1. The first-order chi connectivity index (χ1) is 11.1. The van der Waals surface area contributed by atoms with Crippen LogP contribution in [0.15, 0.2) is 17.1 Å². The Morgan fingerprint density at radius 1 is 1.42 bits per heavy atom. The van der Waals surface area contributed by atoms with Gasteiger partial charge in [0.2, 0.25) is 0 Å². The van der Waals surface area contributed by atoms with E-state index in [0.717, 1.165) is 16.8 Å². The summed E-state index contributed by atoms with van der Waals surface area (Å²) in [5.41, 5.74) is 0.646. The molecule has 1 aliphatic rings. The fraction of sp³-hybridized carbons (Fsp3) is 0.545. The molecule has 1 aromatic rings. The number of aromatic nitrogens is 2. The number of alkyl halides is 3. The van der Waals surface area contributed by atoms with Crippen LogP contribution >= 0.6 is 0 Å². The lowest BCUT2D eigenvalue weighted by Crippen LogP contribution is -2.37. The molecule has 1 aliphatic heterocycles. The van der Waals surface area contributed by atoms with E-state index in [1.54, 1.807) is 5.48 Å². The molecule has 0 bridgehead atoms. The van der Waals surface area contributed by atoms with E-state index in [2.05, 4.69) is 9.72 Å². The molecule has 0 aromatic carbocycles. The highest BCUT2D eigenvalue weighted by molar-refractivity contribution is 5.75. The molecule has 4 atom stereocenters. The maximum atomic E-state index is 12.1. The molecule has 2 heterocycles. The Morgan fingerprint density at radius 2 is 2.08 bits per heavy atom. The van der Waals surface area contributed by atoms with E-state index < -0.39 is 49.0 Å². The van der Waals surface area contributed by atoms with Crippen LogP contribution in [0, 0.1) is 0 Å². The minimum atomic E-state index is -5.21. The standard InChI is InChI=1S/C11H12F3N3O7/c12-11(13,14)9(20)23-3-4-6(18)7(19)8(24-4)17-2-1-5(16-22)15-10(17)21/h1-2,4,6-8,18-19,22H,3H2,(H,15,16,21)/t4-,6-,7-,8-/m1/s1. The van der Waals surface area contributed by atoms with Crippen LogP contribution in [0.25, 0.3) is 0 Å². The maximum Gasteiger partial charge on any atom is 0.490 e. The zero-order valence-electron chi connectivity index (χ0n) is 11.7. The number of halogens is 3. The van der Waals surface area contributed by atoms with Crippen LogP contribution in [0.1, 0.15) is 6.23 Å². The minimum Gasteiger partial charge on any atom is -0.456 e. The Bertz CT molecular complexity index is 665. The number of carbonyl (C=O) groups is 1. The summed E-state index contributed by atoms with van der Waals surface area (Å²) in [6, 6.07) is 1.14. The number of anilines is 1. The lowest BCUT2D eigenvalue weighted by Gasteiger charge is -2.17. The summed E-state index contributed by atoms with van der Waals surface area (Å²) in [6.07, 6.45) is -10.5. The average molecular weight is 355 g/mol. The first-order valence-corrected chi connectivity index (χ1v) is 6.40. The van der Waals surface area contributed by atoms with E-state index in [-0.39, 0.29) is 5.82 Å². The zero-order chi connectivity index (χ0) is 18.1. The molecule has 13 heteroatoms. The third-order valence-corrected chi connectivity index (χ3v) is 3.17. The summed E-state index contributed by atoms with van der Waals surface area (Å²) in [6.45, 7) is -0.981. The topological polar surface area (TPSA) is 143 Å². The van der Waals surface area contributed by atoms with Gasteiger partial charge in [0.15, 0.2) is 12.0 Å². The number of aliphatic hydroxyl groups excluding tert-OH is 2. The predicted molar refractivity (Wildman–Crippen MR) is 66.8 cm³/mol. The number of rotatable bonds is 4. The molecule has 1 aromatic heterocycles. The molecule has 134 valence electrons. The average Bonchev–Trinajstić information content (AvgIpc) is 2.79. The van der Waals surface area contributed by atoms with Gasteiger partial charge in [0.05, 0.1) is 0 Å². The summed E-state index contributed by atoms with van der Waals surface area (Å²) < 4.78 is 46.0. The summed E-state index contributed by atoms with van der Waals surface area (Å²) in [5, 5.41) is 28.2. The number of ether oxygens (including phenoxy) is 2. The molecule has 24 heavy (non-hydrogen) atoms. The van der Waals surface area contributed by atoms with Crippen LogP contribution in [0.5, 0.6) is 0 Å². The Labute approximate surface area is 131 Å². The number of hydrogen-bond donors (Lipinski definition) is 4. The van der Waals surface area contributed by atoms with E-state index >= 15 is 0 Å². The van der Waals surface area contributed by atoms with Crippen LogP contribution in [0.2, 0.25) is 0 Å². The number of nitrogens with zero attached hydrogens (tertiary/aromatic N) is 2. The molecule has 0 saturated carbocycles. The van der Waals surface area contributed by atoms with Gasteiger partial charge in [-0.2, -0.15) is 18.2 Å². The van der Waals surface area contributed by atoms with Gasteiger partial charge < -0.3 is 19.7 Å². The van der Waals surface area contributed by atoms with Crippen molar-refractivity contribution in [2.24, 2.45) is 0 Å². The van der Waals surface area contributed by atoms with Gasteiger partial charge in [-0.25, -0.2) is 9.59 Å². The van der Waals surface area contributed by atoms with Gasteiger partial charge in [-0.1, -0.05) is 0 Å². The summed E-state index contributed by atoms with van der Waals surface area (Å²) in [7, 11) is 0. The third kappa shape index (κ3) is 3.64. The number of aliphatic hydroxyl groups is 2. The second-order valence-electron chi connectivity index (χ2n) is 4.76. The highest BCUT2D eigenvalue weighted by Gasteiger charge is 2.47. The Kier molecular flexibility index (Phi) is 5.08. The van der Waals surface area contributed by atoms with Crippen LogP contribution in [-0.2, 0) is 14.3 Å². The molecule has 0 aliphatic carbocycles. The molecule has 10 nitrogen and oxygen atoms in total. The lowest BCUT2D eigenvalue weighted by molar-refractivity contribution is -0.203. The SMILES string of the molecule is O=C(OC[C@H]1O[C@@H](n2ccc(NO)nc2=O)[C@H](O)[C@@H]1O)C(F)(F)F. The van der Waals surface area contributed by atoms with Gasteiger partial charge in [-0.15, -0.1) is 0 Å². The first-order valence-electron chi connectivity index (χ1n) is 6.40. The Morgan fingerprint density at radius 3 is 2.62 bits per heavy atom. The van der Waals surface area contributed by atoms with E-state index in [9.17, 15) is 33.0 Å². The smallest absolute Gasteiger partial charge is 0.456 e. The van der Waals surface area contributed by atoms with Gasteiger partial charge >= 0.3 is 17.8 Å². The molecule has 0 unspecified atom stereocenters. The van der Waals surface area contributed by atoms with Crippen molar-refractivity contribution in [1.29, 1.82) is 0 Å². The summed E-state index contributed by atoms with van der Waals surface area (Å²) >= 11 is 0. The van der Waals surface area contributed by atoms with Gasteiger partial charge in [-0.05, 0) is 6.07 Å². The highest BCUT2D eigenvalue weighted by Crippen LogP contribution is 2.29. The third-order valence-electron chi connectivity index (χ3n) is 3.17. The van der Waals surface area contributed by atoms with E-state index in [4.69, 9.17) is 9.94 Å². The lowest BCUT2D eigenvalue weighted by atomic mass is 10.1. The molecule has 1 fully saturated rings. The van der Waals surface area contributed by atoms with Crippen molar-refractivity contribution in [2.45, 2.75) is 30.7 Å². The van der Waals surface area contributed by atoms with Crippen molar-refractivity contribution in [2.75, 3.05) is 12.1 Å². The van der Waals surface area contributed by atoms with Crippen LogP contribution in [0.4, 0.5) is 19.0 Å². The van der Waals surface area contributed by atoms with Crippen LogP contribution < -0.4 is 11.2 Å². The quantitative estimate of drug-likeness (QED) is 0.385. The van der Waals surface area contributed by atoms with Crippen LogP contribution in [0.3, 0.4) is 0 Å². The fourth-order valence-corrected chi connectivity index (χ4v) is 2.00. The van der Waals surface area contributed by atoms with E-state index in [1.165, 1.54) is 0 Å². The Balaban J connectivity index is 2.10. The second kappa shape index (κ2) is 6.72. The van der Waals surface area contributed by atoms with Gasteiger partial charge in [0, 0.05) is 6.20 Å². The minimum absolute atomic E-state index is 0.194. The number of hydrogen-bond acceptors (Lipinski definition) is 9. The van der Waals surface area contributed by atoms with E-state index in [1.807, 2.05) is 0 Å².